The number of hydrogen-bond donors (Lipinski definition) is 3. The third-order valence-corrected chi connectivity index (χ3v) is 11.6. The molecule has 9 nitrogen and oxygen atoms in total. The molecule has 1 aliphatic rings. The second kappa shape index (κ2) is 30.0. The number of ketones is 2. The van der Waals surface area contributed by atoms with E-state index in [4.69, 9.17) is 4.74 Å². The van der Waals surface area contributed by atoms with Gasteiger partial charge in [0.2, 0.25) is 5.82 Å². The van der Waals surface area contributed by atoms with Crippen LogP contribution in [0.5, 0.6) is 0 Å². The van der Waals surface area contributed by atoms with Gasteiger partial charge in [0.05, 0.1) is 6.20 Å². The maximum absolute atomic E-state index is 14.2. The molecule has 2 heterocycles. The van der Waals surface area contributed by atoms with Crippen LogP contribution in [0.3, 0.4) is 0 Å². The molecule has 1 fully saturated rings. The molecule has 10 heteroatoms. The molecule has 0 aromatic carbocycles. The Hall–Kier alpha value is -2.17. The van der Waals surface area contributed by atoms with Crippen LogP contribution in [0, 0.1) is 5.82 Å². The first-order valence-corrected chi connectivity index (χ1v) is 22.8. The van der Waals surface area contributed by atoms with Crippen molar-refractivity contribution in [1.82, 2.24) is 9.55 Å². The Kier molecular flexibility index (Phi) is 26.7. The van der Waals surface area contributed by atoms with Crippen molar-refractivity contribution >= 4 is 11.6 Å². The smallest absolute Gasteiger partial charge is 0.330 e. The number of hydrogen-bond acceptors (Lipinski definition) is 7. The normalized spacial score (nSPS) is 18.9. The number of nitrogens with one attached hydrogen (secondary N) is 1. The van der Waals surface area contributed by atoms with E-state index in [1.807, 2.05) is 4.98 Å². The molecule has 318 valence electrons. The quantitative estimate of drug-likeness (QED) is 0.0576. The summed E-state index contributed by atoms with van der Waals surface area (Å²) in [5.74, 6) is -2.35. The fraction of sp³-hybridized carbons (Fsp3) is 0.867. The lowest BCUT2D eigenvalue weighted by Crippen LogP contribution is -2.53. The number of aromatic amines is 1. The summed E-state index contributed by atoms with van der Waals surface area (Å²) in [5, 5.41) is 22.9. The molecule has 1 aromatic rings. The van der Waals surface area contributed by atoms with Gasteiger partial charge in [0.1, 0.15) is 18.4 Å². The van der Waals surface area contributed by atoms with Crippen molar-refractivity contribution in [3.8, 4) is 0 Å². The van der Waals surface area contributed by atoms with Gasteiger partial charge in [-0.3, -0.25) is 23.9 Å². The molecular formula is C45H79FN2O7. The lowest BCUT2D eigenvalue weighted by atomic mass is 9.83. The second-order valence-corrected chi connectivity index (χ2v) is 16.5. The van der Waals surface area contributed by atoms with E-state index in [1.54, 1.807) is 0 Å². The van der Waals surface area contributed by atoms with Crippen molar-refractivity contribution in [3.05, 3.63) is 32.9 Å². The summed E-state index contributed by atoms with van der Waals surface area (Å²) in [6.07, 6.45) is 31.0. The van der Waals surface area contributed by atoms with Crippen molar-refractivity contribution in [2.45, 2.75) is 250 Å². The van der Waals surface area contributed by atoms with Crippen LogP contribution in [0.2, 0.25) is 0 Å². The van der Waals surface area contributed by atoms with E-state index in [0.717, 1.165) is 49.5 Å². The van der Waals surface area contributed by atoms with Gasteiger partial charge in [0, 0.05) is 19.3 Å². The molecule has 0 radical (unpaired) electrons. The summed E-state index contributed by atoms with van der Waals surface area (Å²) in [7, 11) is 0. The minimum absolute atomic E-state index is 0.0240. The average molecular weight is 779 g/mol. The molecule has 0 aliphatic carbocycles. The van der Waals surface area contributed by atoms with E-state index in [9.17, 15) is 33.8 Å². The van der Waals surface area contributed by atoms with E-state index >= 15 is 0 Å². The highest BCUT2D eigenvalue weighted by Gasteiger charge is 2.56. The minimum atomic E-state index is -2.25. The Bertz CT molecular complexity index is 1280. The SMILES string of the molecule is CCCCCCCCCCCCCCCCCC(=O)C(O)[C@H]1O[C@@H](n2cc(F)c(=O)[nH]c2=O)C[C@@]1(O)C(=O)CCCCCCCCCCCCCCCCC. The Morgan fingerprint density at radius 2 is 1.05 bits per heavy atom. The number of carbonyl (C=O) groups is 2. The number of aromatic nitrogens is 2. The van der Waals surface area contributed by atoms with Gasteiger partial charge in [-0.25, -0.2) is 4.79 Å². The van der Waals surface area contributed by atoms with Crippen LogP contribution < -0.4 is 11.2 Å². The number of H-pyrrole nitrogens is 1. The fourth-order valence-corrected chi connectivity index (χ4v) is 8.02. The van der Waals surface area contributed by atoms with Crippen LogP contribution in [-0.2, 0) is 14.3 Å². The molecule has 3 N–H and O–H groups in total. The molecule has 0 amide bonds. The van der Waals surface area contributed by atoms with Gasteiger partial charge >= 0.3 is 5.69 Å². The lowest BCUT2D eigenvalue weighted by molar-refractivity contribution is -0.160. The average Bonchev–Trinajstić information content (AvgIpc) is 3.53. The third-order valence-electron chi connectivity index (χ3n) is 11.6. The van der Waals surface area contributed by atoms with Crippen molar-refractivity contribution < 1.29 is 28.9 Å². The summed E-state index contributed by atoms with van der Waals surface area (Å²) >= 11 is 0. The predicted octanol–water partition coefficient (Wildman–Crippen LogP) is 10.7. The van der Waals surface area contributed by atoms with Crippen LogP contribution in [-0.4, -0.2) is 49.1 Å². The topological polar surface area (TPSA) is 139 Å². The van der Waals surface area contributed by atoms with Crippen LogP contribution in [0.25, 0.3) is 0 Å². The maximum atomic E-state index is 14.2. The van der Waals surface area contributed by atoms with Crippen molar-refractivity contribution in [2.24, 2.45) is 0 Å². The minimum Gasteiger partial charge on any atom is -0.382 e. The summed E-state index contributed by atoms with van der Waals surface area (Å²) in [6, 6.07) is 0. The van der Waals surface area contributed by atoms with Crippen LogP contribution in [0.15, 0.2) is 15.8 Å². The standard InChI is InChI=1S/C45H79FN2O7/c1-3-5-7-9-11-13-15-17-19-21-23-25-27-29-31-33-38(49)41(51)42-45(54,35-40(55-42)48-36-37(46)43(52)47-44(48)53)39(50)34-32-30-28-26-24-22-20-18-16-14-12-10-8-6-4-2/h36,40-42,51,54H,3-35H2,1-2H3,(H,47,52,53)/t40-,41?,42-,45-/m1/s1. The van der Waals surface area contributed by atoms with Gasteiger partial charge in [0.15, 0.2) is 17.2 Å². The van der Waals surface area contributed by atoms with Crippen LogP contribution in [0.1, 0.15) is 232 Å². The highest BCUT2D eigenvalue weighted by atomic mass is 19.1. The molecule has 55 heavy (non-hydrogen) atoms. The molecule has 1 aliphatic heterocycles. The van der Waals surface area contributed by atoms with Gasteiger partial charge in [0.25, 0.3) is 5.56 Å². The lowest BCUT2D eigenvalue weighted by Gasteiger charge is -2.29. The van der Waals surface area contributed by atoms with Crippen LogP contribution >= 0.6 is 0 Å². The number of nitrogens with zero attached hydrogens (tertiary/aromatic N) is 1. The van der Waals surface area contributed by atoms with Gasteiger partial charge in [-0.15, -0.1) is 0 Å². The molecule has 0 saturated carbocycles. The first-order valence-electron chi connectivity index (χ1n) is 22.8. The monoisotopic (exact) mass is 779 g/mol. The highest BCUT2D eigenvalue weighted by molar-refractivity contribution is 5.91. The highest BCUT2D eigenvalue weighted by Crippen LogP contribution is 2.40. The van der Waals surface area contributed by atoms with E-state index in [2.05, 4.69) is 13.8 Å². The van der Waals surface area contributed by atoms with Gasteiger partial charge in [-0.05, 0) is 12.8 Å². The number of rotatable bonds is 36. The zero-order valence-electron chi connectivity index (χ0n) is 34.9. The van der Waals surface area contributed by atoms with E-state index in [1.165, 1.54) is 135 Å². The zero-order valence-corrected chi connectivity index (χ0v) is 34.9. The second-order valence-electron chi connectivity index (χ2n) is 16.5. The zero-order chi connectivity index (χ0) is 40.2. The Balaban J connectivity index is 1.76. The molecule has 1 saturated heterocycles. The van der Waals surface area contributed by atoms with Crippen LogP contribution in [0.4, 0.5) is 4.39 Å². The van der Waals surface area contributed by atoms with Crippen molar-refractivity contribution in [2.75, 3.05) is 0 Å². The number of carbonyl (C=O) groups excluding carboxylic acids is 2. The Morgan fingerprint density at radius 1 is 0.691 bits per heavy atom. The van der Waals surface area contributed by atoms with Gasteiger partial charge < -0.3 is 14.9 Å². The molecule has 0 spiro atoms. The van der Waals surface area contributed by atoms with Crippen molar-refractivity contribution in [3.63, 3.8) is 0 Å². The Labute approximate surface area is 332 Å². The molecule has 1 aromatic heterocycles. The maximum Gasteiger partial charge on any atom is 0.330 e. The molecule has 4 atom stereocenters. The first kappa shape index (κ1) is 49.0. The summed E-state index contributed by atoms with van der Waals surface area (Å²) in [4.78, 5) is 52.7. The summed E-state index contributed by atoms with van der Waals surface area (Å²) in [6.45, 7) is 4.49. The van der Waals surface area contributed by atoms with Crippen molar-refractivity contribution in [1.29, 1.82) is 0 Å². The van der Waals surface area contributed by atoms with E-state index < -0.39 is 59.1 Å². The van der Waals surface area contributed by atoms with E-state index in [-0.39, 0.29) is 12.8 Å². The largest absolute Gasteiger partial charge is 0.382 e. The Morgan fingerprint density at radius 3 is 1.45 bits per heavy atom. The van der Waals surface area contributed by atoms with Gasteiger partial charge in [-0.1, -0.05) is 194 Å². The third kappa shape index (κ3) is 19.7. The number of aliphatic hydroxyl groups is 2. The molecule has 0 bridgehead atoms. The number of aliphatic hydroxyl groups excluding tert-OH is 1. The number of unbranched alkanes of at least 4 members (excludes halogenated alkanes) is 28. The molecular weight excluding hydrogens is 699 g/mol. The fourth-order valence-electron chi connectivity index (χ4n) is 8.02. The molecule has 2 rings (SSSR count). The van der Waals surface area contributed by atoms with E-state index in [0.29, 0.717) is 19.0 Å². The summed E-state index contributed by atoms with van der Waals surface area (Å²) < 4.78 is 20.8. The van der Waals surface area contributed by atoms with Gasteiger partial charge in [-0.2, -0.15) is 4.39 Å². The number of Topliss-reactive ketones (excluding diaryl/α,β-unsaturated/α-hetero) is 2. The first-order chi connectivity index (χ1) is 26.7. The summed E-state index contributed by atoms with van der Waals surface area (Å²) in [5.41, 5.74) is -4.43. The number of halogens is 1. The number of ether oxygens (including phenoxy) is 1. The predicted molar refractivity (Wildman–Crippen MR) is 220 cm³/mol. The molecule has 1 unspecified atom stereocenters.